The number of rotatable bonds is 5. The Labute approximate surface area is 135 Å². The summed E-state index contributed by atoms with van der Waals surface area (Å²) < 4.78 is 33.3. The van der Waals surface area contributed by atoms with Gasteiger partial charge in [0.15, 0.2) is 0 Å². The molecule has 0 unspecified atom stereocenters. The van der Waals surface area contributed by atoms with Crippen LogP contribution in [0.1, 0.15) is 11.1 Å². The highest BCUT2D eigenvalue weighted by atomic mass is 79.9. The maximum atomic E-state index is 14.0. The van der Waals surface area contributed by atoms with Gasteiger partial charge in [0.25, 0.3) is 5.92 Å². The van der Waals surface area contributed by atoms with E-state index in [4.69, 9.17) is 4.74 Å². The first kappa shape index (κ1) is 16.4. The predicted molar refractivity (Wildman–Crippen MR) is 82.7 cm³/mol. The number of nitrogens with one attached hydrogen (secondary N) is 1. The molecule has 0 aliphatic heterocycles. The van der Waals surface area contributed by atoms with Crippen LogP contribution in [-0.2, 0) is 17.3 Å². The standard InChI is InChI=1S/C16H14BrF2NO2/c17-14-9-5-4-8-13(14)16(18,19)11-20-15(21)22-10-12-6-2-1-3-7-12/h1-9H,10-11H2,(H,20,21). The number of ether oxygens (including phenoxy) is 1. The molecule has 1 amide bonds. The highest BCUT2D eigenvalue weighted by Gasteiger charge is 2.34. The molecule has 0 aromatic heterocycles. The van der Waals surface area contributed by atoms with Gasteiger partial charge in [0.2, 0.25) is 0 Å². The highest BCUT2D eigenvalue weighted by Crippen LogP contribution is 2.32. The molecule has 0 aliphatic rings. The summed E-state index contributed by atoms with van der Waals surface area (Å²) in [5.41, 5.74) is 0.605. The average Bonchev–Trinajstić information content (AvgIpc) is 2.52. The van der Waals surface area contributed by atoms with Gasteiger partial charge in [-0.2, -0.15) is 8.78 Å². The molecule has 0 saturated heterocycles. The van der Waals surface area contributed by atoms with Gasteiger partial charge in [-0.05, 0) is 11.6 Å². The lowest BCUT2D eigenvalue weighted by Crippen LogP contribution is -2.35. The van der Waals surface area contributed by atoms with Crippen molar-refractivity contribution >= 4 is 22.0 Å². The van der Waals surface area contributed by atoms with Gasteiger partial charge in [-0.3, -0.25) is 0 Å². The Hall–Kier alpha value is -1.95. The molecular weight excluding hydrogens is 356 g/mol. The van der Waals surface area contributed by atoms with E-state index in [1.54, 1.807) is 30.3 Å². The Kier molecular flexibility index (Phi) is 5.49. The molecule has 0 saturated carbocycles. The Morgan fingerprint density at radius 2 is 1.73 bits per heavy atom. The summed E-state index contributed by atoms with van der Waals surface area (Å²) in [7, 11) is 0. The van der Waals surface area contributed by atoms with E-state index in [0.717, 1.165) is 5.56 Å². The fourth-order valence-electron chi connectivity index (χ4n) is 1.81. The van der Waals surface area contributed by atoms with Crippen molar-refractivity contribution in [3.8, 4) is 0 Å². The molecule has 0 fully saturated rings. The zero-order valence-electron chi connectivity index (χ0n) is 11.6. The van der Waals surface area contributed by atoms with Gasteiger partial charge in [-0.25, -0.2) is 4.79 Å². The molecular formula is C16H14BrF2NO2. The SMILES string of the molecule is O=C(NCC(F)(F)c1ccccc1Br)OCc1ccccc1. The molecule has 6 heteroatoms. The molecule has 0 spiro atoms. The molecule has 0 bridgehead atoms. The molecule has 1 N–H and O–H groups in total. The summed E-state index contributed by atoms with van der Waals surface area (Å²) in [6, 6.07) is 15.0. The van der Waals surface area contributed by atoms with Crippen LogP contribution in [0.25, 0.3) is 0 Å². The lowest BCUT2D eigenvalue weighted by atomic mass is 10.1. The predicted octanol–water partition coefficient (Wildman–Crippen LogP) is 4.47. The summed E-state index contributed by atoms with van der Waals surface area (Å²) >= 11 is 3.08. The molecule has 3 nitrogen and oxygen atoms in total. The molecule has 116 valence electrons. The third kappa shape index (κ3) is 4.53. The summed E-state index contributed by atoms with van der Waals surface area (Å²) in [5.74, 6) is -3.19. The van der Waals surface area contributed by atoms with Crippen molar-refractivity contribution in [3.05, 3.63) is 70.2 Å². The summed E-state index contributed by atoms with van der Waals surface area (Å²) in [6.07, 6.45) is -0.879. The Balaban J connectivity index is 1.86. The number of alkyl halides is 2. The van der Waals surface area contributed by atoms with E-state index in [0.29, 0.717) is 4.47 Å². The Morgan fingerprint density at radius 1 is 1.09 bits per heavy atom. The number of halogens is 3. The minimum atomic E-state index is -3.19. The Bertz CT molecular complexity index is 635. The number of hydrogen-bond acceptors (Lipinski definition) is 2. The summed E-state index contributed by atoms with van der Waals surface area (Å²) in [5, 5.41) is 2.09. The van der Waals surface area contributed by atoms with Crippen molar-refractivity contribution in [2.45, 2.75) is 12.5 Å². The average molecular weight is 370 g/mol. The number of carbonyl (C=O) groups is 1. The number of hydrogen-bond donors (Lipinski definition) is 1. The van der Waals surface area contributed by atoms with Gasteiger partial charge in [0, 0.05) is 10.0 Å². The van der Waals surface area contributed by atoms with Crippen molar-refractivity contribution in [1.82, 2.24) is 5.32 Å². The fraction of sp³-hybridized carbons (Fsp3) is 0.188. The van der Waals surface area contributed by atoms with Crippen molar-refractivity contribution < 1.29 is 18.3 Å². The van der Waals surface area contributed by atoms with Crippen LogP contribution >= 0.6 is 15.9 Å². The molecule has 0 aliphatic carbocycles. The minimum Gasteiger partial charge on any atom is -0.445 e. The third-order valence-electron chi connectivity index (χ3n) is 2.94. The molecule has 2 rings (SSSR count). The van der Waals surface area contributed by atoms with Crippen LogP contribution in [0.5, 0.6) is 0 Å². The third-order valence-corrected chi connectivity index (χ3v) is 3.63. The smallest absolute Gasteiger partial charge is 0.407 e. The van der Waals surface area contributed by atoms with E-state index in [9.17, 15) is 13.6 Å². The van der Waals surface area contributed by atoms with Crippen molar-refractivity contribution in [2.24, 2.45) is 0 Å². The highest BCUT2D eigenvalue weighted by molar-refractivity contribution is 9.10. The molecule has 0 heterocycles. The first-order chi connectivity index (χ1) is 10.5. The second kappa shape index (κ2) is 7.35. The number of benzene rings is 2. The van der Waals surface area contributed by atoms with E-state index >= 15 is 0 Å². The van der Waals surface area contributed by atoms with Gasteiger partial charge in [0.1, 0.15) is 6.61 Å². The van der Waals surface area contributed by atoms with E-state index in [1.165, 1.54) is 18.2 Å². The molecule has 0 atom stereocenters. The van der Waals surface area contributed by atoms with E-state index < -0.39 is 18.6 Å². The van der Waals surface area contributed by atoms with E-state index in [2.05, 4.69) is 21.2 Å². The zero-order chi connectivity index (χ0) is 16.0. The number of carbonyl (C=O) groups excluding carboxylic acids is 1. The van der Waals surface area contributed by atoms with Gasteiger partial charge >= 0.3 is 6.09 Å². The second-order valence-corrected chi connectivity index (χ2v) is 5.45. The maximum Gasteiger partial charge on any atom is 0.407 e. The van der Waals surface area contributed by atoms with Crippen LogP contribution in [0, 0.1) is 0 Å². The molecule has 2 aromatic carbocycles. The normalized spacial score (nSPS) is 11.0. The van der Waals surface area contributed by atoms with E-state index in [1.807, 2.05) is 6.07 Å². The minimum absolute atomic E-state index is 0.0350. The van der Waals surface area contributed by atoms with Crippen molar-refractivity contribution in [2.75, 3.05) is 6.54 Å². The maximum absolute atomic E-state index is 14.0. The summed E-state index contributed by atoms with van der Waals surface area (Å²) in [6.45, 7) is -0.795. The van der Waals surface area contributed by atoms with Gasteiger partial charge in [0.05, 0.1) is 6.54 Å². The van der Waals surface area contributed by atoms with Crippen LogP contribution in [0.2, 0.25) is 0 Å². The first-order valence-electron chi connectivity index (χ1n) is 6.56. The first-order valence-corrected chi connectivity index (χ1v) is 7.36. The van der Waals surface area contributed by atoms with E-state index in [-0.39, 0.29) is 12.2 Å². The van der Waals surface area contributed by atoms with Crippen LogP contribution < -0.4 is 5.32 Å². The molecule has 0 radical (unpaired) electrons. The number of alkyl carbamates (subject to hydrolysis) is 1. The molecule has 2 aromatic rings. The quantitative estimate of drug-likeness (QED) is 0.844. The fourth-order valence-corrected chi connectivity index (χ4v) is 2.39. The topological polar surface area (TPSA) is 38.3 Å². The number of amides is 1. The monoisotopic (exact) mass is 369 g/mol. The van der Waals surface area contributed by atoms with Crippen molar-refractivity contribution in [1.29, 1.82) is 0 Å². The van der Waals surface area contributed by atoms with Crippen LogP contribution in [0.15, 0.2) is 59.1 Å². The van der Waals surface area contributed by atoms with Crippen LogP contribution in [0.3, 0.4) is 0 Å². The van der Waals surface area contributed by atoms with Crippen LogP contribution in [0.4, 0.5) is 13.6 Å². The Morgan fingerprint density at radius 3 is 2.41 bits per heavy atom. The summed E-state index contributed by atoms with van der Waals surface area (Å²) in [4.78, 5) is 11.5. The van der Waals surface area contributed by atoms with Crippen LogP contribution in [-0.4, -0.2) is 12.6 Å². The van der Waals surface area contributed by atoms with Crippen molar-refractivity contribution in [3.63, 3.8) is 0 Å². The lowest BCUT2D eigenvalue weighted by Gasteiger charge is -2.18. The molecule has 22 heavy (non-hydrogen) atoms. The lowest BCUT2D eigenvalue weighted by molar-refractivity contribution is -0.00448. The van der Waals surface area contributed by atoms with Gasteiger partial charge < -0.3 is 10.1 Å². The van der Waals surface area contributed by atoms with Gasteiger partial charge in [-0.15, -0.1) is 0 Å². The zero-order valence-corrected chi connectivity index (χ0v) is 13.1. The van der Waals surface area contributed by atoms with Gasteiger partial charge in [-0.1, -0.05) is 64.5 Å². The largest absolute Gasteiger partial charge is 0.445 e. The second-order valence-electron chi connectivity index (χ2n) is 4.60.